The molecule has 0 amide bonds. The molecule has 1 saturated carbocycles. The fourth-order valence-corrected chi connectivity index (χ4v) is 4.29. The standard InChI is InChI=1S/C27H31N3O4/c1-18(14-25(31)26-15-27(28)29-34-26)20-4-8-23(9-5-20)33-24-12-13-30(16-24)21-6-10-22(11-7-21)32-17-19-2-3-19/h4-11,15,18-19,24H,2-3,12-14,16-17H2,1H3,(H2,28,29)/t18-,24-/m1/s1. The average molecular weight is 462 g/mol. The number of ketones is 1. The number of nitrogens with two attached hydrogens (primary N) is 1. The summed E-state index contributed by atoms with van der Waals surface area (Å²) in [7, 11) is 0. The number of hydrogen-bond donors (Lipinski definition) is 1. The lowest BCUT2D eigenvalue weighted by Gasteiger charge is -2.20. The summed E-state index contributed by atoms with van der Waals surface area (Å²) in [6.45, 7) is 4.68. The number of hydrogen-bond acceptors (Lipinski definition) is 7. The highest BCUT2D eigenvalue weighted by molar-refractivity contribution is 5.94. The Morgan fingerprint density at radius 3 is 2.53 bits per heavy atom. The van der Waals surface area contributed by atoms with Gasteiger partial charge in [-0.15, -0.1) is 0 Å². The Morgan fingerprint density at radius 1 is 1.12 bits per heavy atom. The summed E-state index contributed by atoms with van der Waals surface area (Å²) in [6.07, 6.45) is 4.05. The van der Waals surface area contributed by atoms with Crippen LogP contribution in [0.15, 0.2) is 59.1 Å². The van der Waals surface area contributed by atoms with Crippen molar-refractivity contribution < 1.29 is 18.8 Å². The Morgan fingerprint density at radius 2 is 1.85 bits per heavy atom. The van der Waals surface area contributed by atoms with Crippen molar-refractivity contribution in [2.45, 2.75) is 44.6 Å². The minimum Gasteiger partial charge on any atom is -0.493 e. The molecule has 0 bridgehead atoms. The van der Waals surface area contributed by atoms with E-state index in [0.29, 0.717) is 6.42 Å². The third-order valence-corrected chi connectivity index (χ3v) is 6.58. The second kappa shape index (κ2) is 9.79. The Kier molecular flexibility index (Phi) is 6.43. The van der Waals surface area contributed by atoms with Gasteiger partial charge >= 0.3 is 0 Å². The molecule has 0 radical (unpaired) electrons. The van der Waals surface area contributed by atoms with Gasteiger partial charge < -0.3 is 24.6 Å². The monoisotopic (exact) mass is 461 g/mol. The van der Waals surface area contributed by atoms with Crippen molar-refractivity contribution >= 4 is 17.3 Å². The van der Waals surface area contributed by atoms with Crippen LogP contribution in [0.4, 0.5) is 11.5 Å². The Balaban J connectivity index is 1.10. The fraction of sp³-hybridized carbons (Fsp3) is 0.407. The highest BCUT2D eigenvalue weighted by atomic mass is 16.5. The molecule has 5 rings (SSSR count). The van der Waals surface area contributed by atoms with Gasteiger partial charge in [0.05, 0.1) is 13.2 Å². The van der Waals surface area contributed by atoms with Gasteiger partial charge in [-0.3, -0.25) is 4.79 Å². The van der Waals surface area contributed by atoms with E-state index < -0.39 is 0 Å². The van der Waals surface area contributed by atoms with E-state index in [-0.39, 0.29) is 29.4 Å². The number of anilines is 2. The zero-order valence-electron chi connectivity index (χ0n) is 19.5. The molecular weight excluding hydrogens is 430 g/mol. The second-order valence-electron chi connectivity index (χ2n) is 9.44. The molecule has 2 aliphatic rings. The normalized spacial score (nSPS) is 18.6. The van der Waals surface area contributed by atoms with Crippen molar-refractivity contribution in [2.24, 2.45) is 5.92 Å². The van der Waals surface area contributed by atoms with Crippen LogP contribution in [0.5, 0.6) is 11.5 Å². The maximum atomic E-state index is 12.3. The average Bonchev–Trinajstić information content (AvgIpc) is 3.39. The van der Waals surface area contributed by atoms with E-state index >= 15 is 0 Å². The van der Waals surface area contributed by atoms with Crippen LogP contribution >= 0.6 is 0 Å². The first-order chi connectivity index (χ1) is 16.5. The lowest BCUT2D eigenvalue weighted by atomic mass is 9.95. The van der Waals surface area contributed by atoms with Gasteiger partial charge in [0.2, 0.25) is 11.5 Å². The third-order valence-electron chi connectivity index (χ3n) is 6.58. The maximum absolute atomic E-state index is 12.3. The number of nitrogens with zero attached hydrogens (tertiary/aromatic N) is 2. The molecule has 178 valence electrons. The molecule has 2 fully saturated rings. The van der Waals surface area contributed by atoms with Crippen LogP contribution in [0.25, 0.3) is 0 Å². The lowest BCUT2D eigenvalue weighted by molar-refractivity contribution is 0.0939. The van der Waals surface area contributed by atoms with Crippen molar-refractivity contribution in [3.05, 3.63) is 65.9 Å². The summed E-state index contributed by atoms with van der Waals surface area (Å²) < 4.78 is 17.1. The first-order valence-corrected chi connectivity index (χ1v) is 12.0. The molecule has 1 aromatic heterocycles. The SMILES string of the molecule is C[C@H](CC(=O)c1cc(N)no1)c1ccc(O[C@@H]2CCN(c3ccc(OCC4CC4)cc3)C2)cc1. The van der Waals surface area contributed by atoms with Crippen LogP contribution < -0.4 is 20.1 Å². The van der Waals surface area contributed by atoms with Crippen molar-refractivity contribution in [1.29, 1.82) is 0 Å². The van der Waals surface area contributed by atoms with Crippen LogP contribution in [0.3, 0.4) is 0 Å². The molecule has 1 aliphatic carbocycles. The van der Waals surface area contributed by atoms with Gasteiger partial charge in [0.25, 0.3) is 0 Å². The van der Waals surface area contributed by atoms with Gasteiger partial charge in [-0.1, -0.05) is 24.2 Å². The summed E-state index contributed by atoms with van der Waals surface area (Å²) in [5.41, 5.74) is 7.81. The quantitative estimate of drug-likeness (QED) is 0.421. The zero-order chi connectivity index (χ0) is 23.5. The fourth-order valence-electron chi connectivity index (χ4n) is 4.29. The summed E-state index contributed by atoms with van der Waals surface area (Å²) in [4.78, 5) is 14.7. The minimum atomic E-state index is -0.106. The van der Waals surface area contributed by atoms with Crippen LogP contribution in [0, 0.1) is 5.92 Å². The van der Waals surface area contributed by atoms with Gasteiger partial charge in [0.1, 0.15) is 17.6 Å². The zero-order valence-corrected chi connectivity index (χ0v) is 19.5. The smallest absolute Gasteiger partial charge is 0.204 e. The number of carbonyl (C=O) groups is 1. The predicted octanol–water partition coefficient (Wildman–Crippen LogP) is 5.08. The molecule has 2 heterocycles. The Labute approximate surface area is 199 Å². The third kappa shape index (κ3) is 5.53. The Bertz CT molecular complexity index is 1110. The van der Waals surface area contributed by atoms with Crippen LogP contribution in [-0.4, -0.2) is 36.7 Å². The van der Waals surface area contributed by atoms with Gasteiger partial charge in [-0.05, 0) is 66.6 Å². The number of carbonyl (C=O) groups excluding carboxylic acids is 1. The molecule has 34 heavy (non-hydrogen) atoms. The maximum Gasteiger partial charge on any atom is 0.204 e. The van der Waals surface area contributed by atoms with Gasteiger partial charge in [-0.25, -0.2) is 0 Å². The number of ether oxygens (including phenoxy) is 2. The number of aromatic nitrogens is 1. The number of nitrogen functional groups attached to an aromatic ring is 1. The topological polar surface area (TPSA) is 90.8 Å². The van der Waals surface area contributed by atoms with Crippen molar-refractivity contribution in [3.63, 3.8) is 0 Å². The molecule has 7 heteroatoms. The number of Topliss-reactive ketones (excluding diaryl/α,β-unsaturated/α-hetero) is 1. The molecule has 0 unspecified atom stereocenters. The summed E-state index contributed by atoms with van der Waals surface area (Å²) in [6, 6.07) is 17.9. The van der Waals surface area contributed by atoms with Crippen molar-refractivity contribution in [1.82, 2.24) is 5.16 Å². The van der Waals surface area contributed by atoms with Gasteiger partial charge in [0.15, 0.2) is 5.82 Å². The van der Waals surface area contributed by atoms with Crippen molar-refractivity contribution in [2.75, 3.05) is 30.3 Å². The Hall–Kier alpha value is -3.48. The van der Waals surface area contributed by atoms with E-state index in [1.165, 1.54) is 24.6 Å². The largest absolute Gasteiger partial charge is 0.493 e. The lowest BCUT2D eigenvalue weighted by Crippen LogP contribution is -2.24. The highest BCUT2D eigenvalue weighted by Gasteiger charge is 2.25. The summed E-state index contributed by atoms with van der Waals surface area (Å²) in [5.74, 6) is 2.92. The van der Waals surface area contributed by atoms with Crippen LogP contribution in [0.1, 0.15) is 54.6 Å². The molecule has 1 aliphatic heterocycles. The molecule has 1 saturated heterocycles. The minimum absolute atomic E-state index is 0.0473. The first-order valence-electron chi connectivity index (χ1n) is 12.0. The van der Waals surface area contributed by atoms with E-state index in [1.807, 2.05) is 31.2 Å². The van der Waals surface area contributed by atoms with Gasteiger partial charge in [-0.2, -0.15) is 0 Å². The van der Waals surface area contributed by atoms with Gasteiger partial charge in [0, 0.05) is 31.1 Å². The van der Waals surface area contributed by atoms with Crippen molar-refractivity contribution in [3.8, 4) is 11.5 Å². The molecule has 2 atom stereocenters. The van der Waals surface area contributed by atoms with E-state index in [1.54, 1.807) is 0 Å². The molecular formula is C27H31N3O4. The van der Waals surface area contributed by atoms with E-state index in [4.69, 9.17) is 19.7 Å². The van der Waals surface area contributed by atoms with Crippen LogP contribution in [-0.2, 0) is 0 Å². The summed E-state index contributed by atoms with van der Waals surface area (Å²) >= 11 is 0. The predicted molar refractivity (Wildman–Crippen MR) is 131 cm³/mol. The van der Waals surface area contributed by atoms with E-state index in [0.717, 1.165) is 49.1 Å². The summed E-state index contributed by atoms with van der Waals surface area (Å²) in [5, 5.41) is 3.58. The highest BCUT2D eigenvalue weighted by Crippen LogP contribution is 2.31. The molecule has 2 N–H and O–H groups in total. The second-order valence-corrected chi connectivity index (χ2v) is 9.44. The van der Waals surface area contributed by atoms with Crippen LogP contribution in [0.2, 0.25) is 0 Å². The first kappa shape index (κ1) is 22.3. The molecule has 2 aromatic carbocycles. The molecule has 7 nitrogen and oxygen atoms in total. The van der Waals surface area contributed by atoms with E-state index in [2.05, 4.69) is 34.3 Å². The number of benzene rings is 2. The number of rotatable bonds is 10. The molecule has 0 spiro atoms. The van der Waals surface area contributed by atoms with E-state index in [9.17, 15) is 4.79 Å². The molecule has 3 aromatic rings.